The lowest BCUT2D eigenvalue weighted by Crippen LogP contribution is -2.28. The number of nitrogens with zero attached hydrogens (tertiary/aromatic N) is 2. The molecule has 0 spiro atoms. The molecule has 5 nitrogen and oxygen atoms in total. The van der Waals surface area contributed by atoms with Crippen molar-refractivity contribution >= 4 is 0 Å². The summed E-state index contributed by atoms with van der Waals surface area (Å²) >= 11 is 0. The van der Waals surface area contributed by atoms with Gasteiger partial charge in [-0.3, -0.25) is 10.5 Å². The highest BCUT2D eigenvalue weighted by atomic mass is 16.5. The number of rotatable bonds is 4. The van der Waals surface area contributed by atoms with Crippen LogP contribution in [0.3, 0.4) is 0 Å². The number of benzene rings is 1. The molecule has 0 aliphatic heterocycles. The zero-order valence-corrected chi connectivity index (χ0v) is 9.92. The molecule has 90 valence electrons. The third-order valence-corrected chi connectivity index (χ3v) is 2.67. The average Bonchev–Trinajstić information content (AvgIpc) is 2.78. The monoisotopic (exact) mass is 232 g/mol. The van der Waals surface area contributed by atoms with E-state index in [1.807, 2.05) is 37.5 Å². The Morgan fingerprint density at radius 2 is 2.00 bits per heavy atom. The smallest absolute Gasteiger partial charge is 0.118 e. The quantitative estimate of drug-likeness (QED) is 0.609. The van der Waals surface area contributed by atoms with Crippen LogP contribution in [0.4, 0.5) is 0 Å². The molecule has 0 saturated carbocycles. The fraction of sp³-hybridized carbons (Fsp3) is 0.250. The van der Waals surface area contributed by atoms with E-state index in [-0.39, 0.29) is 6.04 Å². The van der Waals surface area contributed by atoms with Crippen LogP contribution in [0.5, 0.6) is 5.75 Å². The van der Waals surface area contributed by atoms with E-state index >= 15 is 0 Å². The predicted molar refractivity (Wildman–Crippen MR) is 65.4 cm³/mol. The molecule has 1 aromatic carbocycles. The highest BCUT2D eigenvalue weighted by Crippen LogP contribution is 2.22. The van der Waals surface area contributed by atoms with E-state index in [1.54, 1.807) is 18.0 Å². The zero-order chi connectivity index (χ0) is 12.3. The SMILES string of the molecule is COc1ccc(C(NN)c2cnn(C)c2)cc1. The summed E-state index contributed by atoms with van der Waals surface area (Å²) in [7, 11) is 3.53. The van der Waals surface area contributed by atoms with Crippen molar-refractivity contribution in [1.29, 1.82) is 0 Å². The number of methoxy groups -OCH3 is 1. The molecule has 0 radical (unpaired) electrons. The molecule has 0 amide bonds. The van der Waals surface area contributed by atoms with Gasteiger partial charge in [0.2, 0.25) is 0 Å². The fourth-order valence-corrected chi connectivity index (χ4v) is 1.77. The molecule has 2 rings (SSSR count). The van der Waals surface area contributed by atoms with Gasteiger partial charge in [-0.2, -0.15) is 5.10 Å². The summed E-state index contributed by atoms with van der Waals surface area (Å²) in [5.74, 6) is 6.43. The summed E-state index contributed by atoms with van der Waals surface area (Å²) in [5.41, 5.74) is 4.89. The minimum atomic E-state index is -0.0605. The fourth-order valence-electron chi connectivity index (χ4n) is 1.77. The molecule has 1 atom stereocenters. The number of hydrogen-bond acceptors (Lipinski definition) is 4. The van der Waals surface area contributed by atoms with E-state index in [0.29, 0.717) is 0 Å². The van der Waals surface area contributed by atoms with Crippen molar-refractivity contribution in [2.45, 2.75) is 6.04 Å². The van der Waals surface area contributed by atoms with Crippen molar-refractivity contribution in [2.75, 3.05) is 7.11 Å². The maximum absolute atomic E-state index is 5.60. The van der Waals surface area contributed by atoms with Crippen molar-refractivity contribution in [1.82, 2.24) is 15.2 Å². The van der Waals surface area contributed by atoms with Crippen LogP contribution >= 0.6 is 0 Å². The van der Waals surface area contributed by atoms with Crippen LogP contribution < -0.4 is 16.0 Å². The lowest BCUT2D eigenvalue weighted by atomic mass is 10.0. The Morgan fingerprint density at radius 3 is 2.47 bits per heavy atom. The highest BCUT2D eigenvalue weighted by Gasteiger charge is 2.13. The van der Waals surface area contributed by atoms with Crippen molar-refractivity contribution in [2.24, 2.45) is 12.9 Å². The Labute approximate surface area is 100 Å². The van der Waals surface area contributed by atoms with Crippen LogP contribution in [0.15, 0.2) is 36.7 Å². The summed E-state index contributed by atoms with van der Waals surface area (Å²) in [6.07, 6.45) is 3.74. The topological polar surface area (TPSA) is 65.1 Å². The highest BCUT2D eigenvalue weighted by molar-refractivity contribution is 5.33. The molecule has 17 heavy (non-hydrogen) atoms. The van der Waals surface area contributed by atoms with Crippen LogP contribution in [-0.2, 0) is 7.05 Å². The molecule has 2 aromatic rings. The number of aryl methyl sites for hydroxylation is 1. The van der Waals surface area contributed by atoms with Crippen LogP contribution in [0, 0.1) is 0 Å². The second kappa shape index (κ2) is 4.99. The summed E-state index contributed by atoms with van der Waals surface area (Å²) in [6, 6.07) is 7.73. The Hall–Kier alpha value is -1.85. The number of nitrogens with two attached hydrogens (primary N) is 1. The maximum atomic E-state index is 5.60. The second-order valence-electron chi connectivity index (χ2n) is 3.82. The first-order valence-electron chi connectivity index (χ1n) is 5.33. The molecule has 1 unspecified atom stereocenters. The van der Waals surface area contributed by atoms with Gasteiger partial charge in [0.05, 0.1) is 19.3 Å². The molecule has 0 fully saturated rings. The second-order valence-corrected chi connectivity index (χ2v) is 3.82. The average molecular weight is 232 g/mol. The van der Waals surface area contributed by atoms with E-state index in [9.17, 15) is 0 Å². The Balaban J connectivity index is 2.28. The van der Waals surface area contributed by atoms with Crippen molar-refractivity contribution in [3.63, 3.8) is 0 Å². The molecular formula is C12H16N4O. The molecule has 1 heterocycles. The summed E-state index contributed by atoms with van der Waals surface area (Å²) < 4.78 is 6.88. The van der Waals surface area contributed by atoms with Crippen LogP contribution in [0.1, 0.15) is 17.2 Å². The first-order chi connectivity index (χ1) is 8.24. The standard InChI is InChI=1S/C12H16N4O/c1-16-8-10(7-14-16)12(15-13)9-3-5-11(17-2)6-4-9/h3-8,12,15H,13H2,1-2H3. The minimum Gasteiger partial charge on any atom is -0.497 e. The van der Waals surface area contributed by atoms with E-state index < -0.39 is 0 Å². The largest absolute Gasteiger partial charge is 0.497 e. The number of nitrogens with one attached hydrogen (secondary N) is 1. The number of aromatic nitrogens is 2. The lowest BCUT2D eigenvalue weighted by molar-refractivity contribution is 0.414. The van der Waals surface area contributed by atoms with Gasteiger partial charge < -0.3 is 4.74 Å². The number of hydrogen-bond donors (Lipinski definition) is 2. The van der Waals surface area contributed by atoms with Gasteiger partial charge in [0.15, 0.2) is 0 Å². The van der Waals surface area contributed by atoms with Gasteiger partial charge in [0.25, 0.3) is 0 Å². The van der Waals surface area contributed by atoms with Crippen LogP contribution in [0.2, 0.25) is 0 Å². The predicted octanol–water partition coefficient (Wildman–Crippen LogP) is 0.981. The minimum absolute atomic E-state index is 0.0605. The number of ether oxygens (including phenoxy) is 1. The van der Waals surface area contributed by atoms with Gasteiger partial charge in [0.1, 0.15) is 5.75 Å². The normalized spacial score (nSPS) is 12.4. The Bertz CT molecular complexity index is 478. The third kappa shape index (κ3) is 2.46. The number of hydrazine groups is 1. The van der Waals surface area contributed by atoms with Gasteiger partial charge in [-0.05, 0) is 17.7 Å². The summed E-state index contributed by atoms with van der Waals surface area (Å²) in [6.45, 7) is 0. The van der Waals surface area contributed by atoms with E-state index in [0.717, 1.165) is 16.9 Å². The van der Waals surface area contributed by atoms with Gasteiger partial charge in [-0.15, -0.1) is 0 Å². The molecule has 0 saturated heterocycles. The molecule has 0 bridgehead atoms. The van der Waals surface area contributed by atoms with Crippen LogP contribution in [0.25, 0.3) is 0 Å². The van der Waals surface area contributed by atoms with Crippen molar-refractivity contribution in [3.05, 3.63) is 47.8 Å². The lowest BCUT2D eigenvalue weighted by Gasteiger charge is -2.14. The Kier molecular flexibility index (Phi) is 3.41. The zero-order valence-electron chi connectivity index (χ0n) is 9.92. The van der Waals surface area contributed by atoms with E-state index in [4.69, 9.17) is 10.6 Å². The third-order valence-electron chi connectivity index (χ3n) is 2.67. The van der Waals surface area contributed by atoms with E-state index in [2.05, 4.69) is 10.5 Å². The van der Waals surface area contributed by atoms with Gasteiger partial charge in [-0.25, -0.2) is 5.43 Å². The molecule has 0 aliphatic rings. The van der Waals surface area contributed by atoms with E-state index in [1.165, 1.54) is 0 Å². The van der Waals surface area contributed by atoms with Gasteiger partial charge >= 0.3 is 0 Å². The first-order valence-corrected chi connectivity index (χ1v) is 5.33. The van der Waals surface area contributed by atoms with Gasteiger partial charge in [0, 0.05) is 18.8 Å². The Morgan fingerprint density at radius 1 is 1.29 bits per heavy atom. The van der Waals surface area contributed by atoms with Crippen molar-refractivity contribution < 1.29 is 4.74 Å². The van der Waals surface area contributed by atoms with Crippen LogP contribution in [-0.4, -0.2) is 16.9 Å². The summed E-state index contributed by atoms with van der Waals surface area (Å²) in [4.78, 5) is 0. The molecule has 0 aliphatic carbocycles. The van der Waals surface area contributed by atoms with Gasteiger partial charge in [-0.1, -0.05) is 12.1 Å². The maximum Gasteiger partial charge on any atom is 0.118 e. The van der Waals surface area contributed by atoms with Crippen molar-refractivity contribution in [3.8, 4) is 5.75 Å². The molecular weight excluding hydrogens is 216 g/mol. The summed E-state index contributed by atoms with van der Waals surface area (Å²) in [5, 5.41) is 4.14. The molecule has 1 aromatic heterocycles. The first kappa shape index (κ1) is 11.6. The molecule has 5 heteroatoms. The molecule has 3 N–H and O–H groups in total.